The number of nitriles is 1. The van der Waals surface area contributed by atoms with Crippen molar-refractivity contribution in [3.05, 3.63) is 95.3 Å². The molecule has 116 valence electrons. The number of nitrogens with zero attached hydrogens (tertiary/aromatic N) is 2. The molecule has 3 nitrogen and oxygen atoms in total. The highest BCUT2D eigenvalue weighted by atomic mass is 15.0. The average molecular weight is 311 g/mol. The van der Waals surface area contributed by atoms with Gasteiger partial charge in [-0.05, 0) is 30.2 Å². The van der Waals surface area contributed by atoms with Crippen LogP contribution in [0.3, 0.4) is 0 Å². The molecule has 1 N–H and O–H groups in total. The molecule has 0 fully saturated rings. The number of nitrogens with one attached hydrogen (secondary N) is 1. The lowest BCUT2D eigenvalue weighted by atomic mass is 9.72. The van der Waals surface area contributed by atoms with Crippen LogP contribution in [0.5, 0.6) is 0 Å². The van der Waals surface area contributed by atoms with Crippen LogP contribution in [0.15, 0.2) is 72.9 Å². The first kappa shape index (κ1) is 14.5. The number of hydrogen-bond acceptors (Lipinski definition) is 3. The maximum absolute atomic E-state index is 10.3. The largest absolute Gasteiger partial charge is 0.374 e. The van der Waals surface area contributed by atoms with Crippen molar-refractivity contribution in [2.75, 3.05) is 5.32 Å². The monoisotopic (exact) mass is 311 g/mol. The molecule has 0 aliphatic carbocycles. The van der Waals surface area contributed by atoms with Gasteiger partial charge in [0.1, 0.15) is 0 Å². The highest BCUT2D eigenvalue weighted by Crippen LogP contribution is 2.51. The minimum Gasteiger partial charge on any atom is -0.374 e. The Balaban J connectivity index is 1.99. The molecule has 3 heteroatoms. The third-order valence-electron chi connectivity index (χ3n) is 4.70. The molecule has 1 aliphatic rings. The Morgan fingerprint density at radius 3 is 2.62 bits per heavy atom. The third kappa shape index (κ3) is 2.00. The quantitative estimate of drug-likeness (QED) is 0.764. The summed E-state index contributed by atoms with van der Waals surface area (Å²) < 4.78 is 0. The van der Waals surface area contributed by atoms with E-state index in [4.69, 9.17) is 0 Å². The van der Waals surface area contributed by atoms with Gasteiger partial charge < -0.3 is 5.32 Å². The van der Waals surface area contributed by atoms with E-state index in [-0.39, 0.29) is 6.04 Å². The van der Waals surface area contributed by atoms with Gasteiger partial charge in [0, 0.05) is 6.20 Å². The van der Waals surface area contributed by atoms with Crippen LogP contribution in [0.1, 0.15) is 28.4 Å². The zero-order valence-electron chi connectivity index (χ0n) is 13.4. The minimum atomic E-state index is -0.842. The number of aromatic nitrogens is 1. The fourth-order valence-corrected chi connectivity index (χ4v) is 3.61. The van der Waals surface area contributed by atoms with E-state index in [2.05, 4.69) is 41.5 Å². The molecule has 0 saturated carbocycles. The smallest absolute Gasteiger partial charge is 0.150 e. The number of fused-ring (bicyclic) bond motifs is 1. The van der Waals surface area contributed by atoms with Gasteiger partial charge >= 0.3 is 0 Å². The predicted octanol–water partition coefficient (Wildman–Crippen LogP) is 4.37. The maximum atomic E-state index is 10.3. The number of hydrogen-bond donors (Lipinski definition) is 1. The van der Waals surface area contributed by atoms with Gasteiger partial charge in [-0.3, -0.25) is 4.98 Å². The molecule has 0 bridgehead atoms. The molecule has 2 atom stereocenters. The maximum Gasteiger partial charge on any atom is 0.150 e. The molecule has 24 heavy (non-hydrogen) atoms. The van der Waals surface area contributed by atoms with E-state index >= 15 is 0 Å². The fraction of sp³-hybridized carbons (Fsp3) is 0.143. The van der Waals surface area contributed by atoms with E-state index in [1.807, 2.05) is 48.5 Å². The second kappa shape index (κ2) is 5.50. The summed E-state index contributed by atoms with van der Waals surface area (Å²) in [7, 11) is 0. The lowest BCUT2D eigenvalue weighted by molar-refractivity contribution is 0.574. The Labute approximate surface area is 141 Å². The van der Waals surface area contributed by atoms with E-state index in [0.29, 0.717) is 0 Å². The molecule has 0 spiro atoms. The van der Waals surface area contributed by atoms with E-state index in [1.54, 1.807) is 6.20 Å². The molecule has 0 radical (unpaired) electrons. The summed E-state index contributed by atoms with van der Waals surface area (Å²) in [5.41, 5.74) is 4.12. The van der Waals surface area contributed by atoms with Crippen LogP contribution >= 0.6 is 0 Å². The SMILES string of the molecule is Cc1cccc([C@H]2Nc3cccnc3[C@]2(C#N)c2ccccc2)c1. The molecular formula is C21H17N3. The van der Waals surface area contributed by atoms with Crippen LogP contribution in [0, 0.1) is 18.3 Å². The van der Waals surface area contributed by atoms with Gasteiger partial charge in [0.25, 0.3) is 0 Å². The standard InChI is InChI=1S/C21H17N3/c1-15-7-5-8-16(13-15)19-21(14-22,17-9-3-2-4-10-17)20-18(24-19)11-6-12-23-20/h2-13,19,24H,1H3/t19-,21-/m1/s1. The Morgan fingerprint density at radius 2 is 1.88 bits per heavy atom. The first-order valence-electron chi connectivity index (χ1n) is 8.01. The lowest BCUT2D eigenvalue weighted by Crippen LogP contribution is -2.32. The first-order valence-corrected chi connectivity index (χ1v) is 8.01. The molecule has 0 unspecified atom stereocenters. The summed E-state index contributed by atoms with van der Waals surface area (Å²) >= 11 is 0. The van der Waals surface area contributed by atoms with Gasteiger partial charge in [-0.1, -0.05) is 60.2 Å². The van der Waals surface area contributed by atoms with Gasteiger partial charge in [-0.25, -0.2) is 0 Å². The highest BCUT2D eigenvalue weighted by Gasteiger charge is 2.51. The highest BCUT2D eigenvalue weighted by molar-refractivity contribution is 5.68. The summed E-state index contributed by atoms with van der Waals surface area (Å²) in [6.45, 7) is 2.07. The second-order valence-corrected chi connectivity index (χ2v) is 6.18. The minimum absolute atomic E-state index is 0.172. The topological polar surface area (TPSA) is 48.7 Å². The summed E-state index contributed by atoms with van der Waals surface area (Å²) in [5, 5.41) is 13.8. The van der Waals surface area contributed by atoms with Crippen LogP contribution in [0.4, 0.5) is 5.69 Å². The summed E-state index contributed by atoms with van der Waals surface area (Å²) in [6.07, 6.45) is 1.76. The lowest BCUT2D eigenvalue weighted by Gasteiger charge is -2.29. The molecule has 4 rings (SSSR count). The zero-order chi connectivity index (χ0) is 16.6. The number of pyridine rings is 1. The average Bonchev–Trinajstić information content (AvgIpc) is 2.98. The summed E-state index contributed by atoms with van der Waals surface area (Å²) in [6, 6.07) is 24.6. The van der Waals surface area contributed by atoms with E-state index in [9.17, 15) is 5.26 Å². The number of anilines is 1. The third-order valence-corrected chi connectivity index (χ3v) is 4.70. The Morgan fingerprint density at radius 1 is 1.04 bits per heavy atom. The van der Waals surface area contributed by atoms with Crippen molar-refractivity contribution in [1.29, 1.82) is 5.26 Å². The Kier molecular flexibility index (Phi) is 3.32. The van der Waals surface area contributed by atoms with Crippen molar-refractivity contribution >= 4 is 5.69 Å². The molecule has 2 heterocycles. The van der Waals surface area contributed by atoms with E-state index < -0.39 is 5.41 Å². The van der Waals surface area contributed by atoms with Gasteiger partial charge in [-0.15, -0.1) is 0 Å². The predicted molar refractivity (Wildman–Crippen MR) is 94.6 cm³/mol. The fourth-order valence-electron chi connectivity index (χ4n) is 3.61. The summed E-state index contributed by atoms with van der Waals surface area (Å²) in [4.78, 5) is 4.57. The van der Waals surface area contributed by atoms with Gasteiger partial charge in [-0.2, -0.15) is 5.26 Å². The molecule has 1 aromatic heterocycles. The van der Waals surface area contributed by atoms with Gasteiger partial charge in [0.2, 0.25) is 0 Å². The van der Waals surface area contributed by atoms with Crippen molar-refractivity contribution in [3.8, 4) is 6.07 Å². The molecule has 0 saturated heterocycles. The summed E-state index contributed by atoms with van der Waals surface area (Å²) in [5.74, 6) is 0. The van der Waals surface area contributed by atoms with Crippen LogP contribution < -0.4 is 5.32 Å². The second-order valence-electron chi connectivity index (χ2n) is 6.18. The molecular weight excluding hydrogens is 294 g/mol. The number of aryl methyl sites for hydroxylation is 1. The molecule has 2 aromatic carbocycles. The Hall–Kier alpha value is -3.12. The molecule has 3 aromatic rings. The van der Waals surface area contributed by atoms with E-state index in [1.165, 1.54) is 5.56 Å². The van der Waals surface area contributed by atoms with Gasteiger partial charge in [0.15, 0.2) is 5.41 Å². The number of rotatable bonds is 2. The Bertz CT molecular complexity index is 927. The normalized spacial score (nSPS) is 21.6. The van der Waals surface area contributed by atoms with Crippen LogP contribution in [-0.4, -0.2) is 4.98 Å². The van der Waals surface area contributed by atoms with Crippen LogP contribution in [0.2, 0.25) is 0 Å². The number of benzene rings is 2. The van der Waals surface area contributed by atoms with Crippen LogP contribution in [-0.2, 0) is 5.41 Å². The van der Waals surface area contributed by atoms with Crippen molar-refractivity contribution in [2.45, 2.75) is 18.4 Å². The van der Waals surface area contributed by atoms with Crippen molar-refractivity contribution in [3.63, 3.8) is 0 Å². The van der Waals surface area contributed by atoms with Gasteiger partial charge in [0.05, 0.1) is 23.5 Å². The van der Waals surface area contributed by atoms with E-state index in [0.717, 1.165) is 22.5 Å². The zero-order valence-corrected chi connectivity index (χ0v) is 13.4. The van der Waals surface area contributed by atoms with Crippen molar-refractivity contribution in [1.82, 2.24) is 4.98 Å². The molecule has 0 amide bonds. The van der Waals surface area contributed by atoms with Crippen LogP contribution in [0.25, 0.3) is 0 Å². The first-order chi connectivity index (χ1) is 11.8. The van der Waals surface area contributed by atoms with Crippen molar-refractivity contribution < 1.29 is 0 Å². The molecule has 1 aliphatic heterocycles. The van der Waals surface area contributed by atoms with Crippen molar-refractivity contribution in [2.24, 2.45) is 0 Å².